The predicted molar refractivity (Wildman–Crippen MR) is 57.5 cm³/mol. The Bertz CT molecular complexity index is 290. The summed E-state index contributed by atoms with van der Waals surface area (Å²) in [4.78, 5) is 2.58. The number of ether oxygens (including phenoxy) is 1. The fourth-order valence-corrected chi connectivity index (χ4v) is 2.49. The number of rotatable bonds is 5. The van der Waals surface area contributed by atoms with E-state index in [1.165, 1.54) is 18.4 Å². The summed E-state index contributed by atoms with van der Waals surface area (Å²) >= 11 is 1.79. The minimum absolute atomic E-state index is 0.536. The summed E-state index contributed by atoms with van der Waals surface area (Å²) in [5.74, 6) is 0. The van der Waals surface area contributed by atoms with Crippen LogP contribution in [0.3, 0.4) is 0 Å². The van der Waals surface area contributed by atoms with Crippen LogP contribution in [0.15, 0.2) is 16.8 Å². The summed E-state index contributed by atoms with van der Waals surface area (Å²) in [5, 5.41) is 4.41. The standard InChI is InChI=1S/C11H15NOS/c1-2-10(1)12(6-11-7-13-11)5-9-3-4-14-8-9/h3-4,8,10-11H,1-2,5-7H2. The van der Waals surface area contributed by atoms with Crippen molar-refractivity contribution in [3.8, 4) is 0 Å². The molecule has 0 aromatic carbocycles. The first-order valence-corrected chi connectivity index (χ1v) is 6.23. The zero-order chi connectivity index (χ0) is 9.38. The van der Waals surface area contributed by atoms with E-state index in [0.717, 1.165) is 25.7 Å². The molecule has 1 unspecified atom stereocenters. The lowest BCUT2D eigenvalue weighted by atomic mass is 10.3. The maximum Gasteiger partial charge on any atom is 0.0936 e. The van der Waals surface area contributed by atoms with Gasteiger partial charge in [0.25, 0.3) is 0 Å². The van der Waals surface area contributed by atoms with Gasteiger partial charge < -0.3 is 4.74 Å². The van der Waals surface area contributed by atoms with Crippen LogP contribution in [0.4, 0.5) is 0 Å². The monoisotopic (exact) mass is 209 g/mol. The van der Waals surface area contributed by atoms with Crippen LogP contribution in [0.25, 0.3) is 0 Å². The highest BCUT2D eigenvalue weighted by molar-refractivity contribution is 7.07. The molecule has 0 amide bonds. The molecule has 1 aromatic heterocycles. The van der Waals surface area contributed by atoms with E-state index in [1.54, 1.807) is 11.3 Å². The third kappa shape index (κ3) is 2.16. The molecule has 2 heterocycles. The van der Waals surface area contributed by atoms with Crippen molar-refractivity contribution in [3.63, 3.8) is 0 Å². The van der Waals surface area contributed by atoms with Crippen LogP contribution in [0.5, 0.6) is 0 Å². The molecule has 14 heavy (non-hydrogen) atoms. The van der Waals surface area contributed by atoms with E-state index in [-0.39, 0.29) is 0 Å². The first-order valence-electron chi connectivity index (χ1n) is 5.28. The number of epoxide rings is 1. The molecule has 3 heteroatoms. The van der Waals surface area contributed by atoms with Crippen molar-refractivity contribution >= 4 is 11.3 Å². The Morgan fingerprint density at radius 2 is 2.36 bits per heavy atom. The van der Waals surface area contributed by atoms with Crippen LogP contribution in [0.1, 0.15) is 18.4 Å². The summed E-state index contributed by atoms with van der Waals surface area (Å²) in [5.41, 5.74) is 1.46. The van der Waals surface area contributed by atoms with Crippen molar-refractivity contribution in [1.29, 1.82) is 0 Å². The van der Waals surface area contributed by atoms with Gasteiger partial charge in [0, 0.05) is 19.1 Å². The van der Waals surface area contributed by atoms with Gasteiger partial charge in [-0.1, -0.05) is 0 Å². The normalized spacial score (nSPS) is 25.6. The zero-order valence-electron chi connectivity index (χ0n) is 8.19. The molecular formula is C11H15NOS. The Morgan fingerprint density at radius 3 is 2.93 bits per heavy atom. The Hall–Kier alpha value is -0.380. The van der Waals surface area contributed by atoms with Gasteiger partial charge in [-0.25, -0.2) is 0 Å². The number of thiophene rings is 1. The van der Waals surface area contributed by atoms with Crippen LogP contribution < -0.4 is 0 Å². The number of hydrogen-bond acceptors (Lipinski definition) is 3. The van der Waals surface area contributed by atoms with Gasteiger partial charge in [0.1, 0.15) is 0 Å². The summed E-state index contributed by atoms with van der Waals surface area (Å²) in [6.45, 7) is 3.24. The van der Waals surface area contributed by atoms with Gasteiger partial charge >= 0.3 is 0 Å². The van der Waals surface area contributed by atoms with Crippen LogP contribution >= 0.6 is 11.3 Å². The zero-order valence-corrected chi connectivity index (χ0v) is 9.00. The Morgan fingerprint density at radius 1 is 1.50 bits per heavy atom. The average Bonchev–Trinajstić information content (AvgIpc) is 3.07. The number of nitrogens with zero attached hydrogens (tertiary/aromatic N) is 1. The summed E-state index contributed by atoms with van der Waals surface area (Å²) in [7, 11) is 0. The quantitative estimate of drug-likeness (QED) is 0.690. The second-order valence-corrected chi connectivity index (χ2v) is 5.03. The van der Waals surface area contributed by atoms with Crippen molar-refractivity contribution in [2.24, 2.45) is 0 Å². The molecule has 76 valence electrons. The van der Waals surface area contributed by atoms with E-state index < -0.39 is 0 Å². The summed E-state index contributed by atoms with van der Waals surface area (Å²) in [6, 6.07) is 3.08. The van der Waals surface area contributed by atoms with Crippen LogP contribution in [0.2, 0.25) is 0 Å². The second kappa shape index (κ2) is 3.65. The molecule has 1 saturated carbocycles. The molecule has 2 fully saturated rings. The van der Waals surface area contributed by atoms with Crippen LogP contribution in [-0.2, 0) is 11.3 Å². The summed E-state index contributed by atoms with van der Waals surface area (Å²) < 4.78 is 5.30. The fraction of sp³-hybridized carbons (Fsp3) is 0.636. The molecule has 0 radical (unpaired) electrons. The van der Waals surface area contributed by atoms with Gasteiger partial charge in [-0.15, -0.1) is 0 Å². The largest absolute Gasteiger partial charge is 0.372 e. The first kappa shape index (κ1) is 8.89. The number of hydrogen-bond donors (Lipinski definition) is 0. The van der Waals surface area contributed by atoms with E-state index in [1.807, 2.05) is 0 Å². The minimum atomic E-state index is 0.536. The molecule has 2 aliphatic rings. The van der Waals surface area contributed by atoms with Crippen molar-refractivity contribution in [1.82, 2.24) is 4.90 Å². The van der Waals surface area contributed by atoms with Crippen LogP contribution in [-0.4, -0.2) is 30.2 Å². The smallest absolute Gasteiger partial charge is 0.0936 e. The highest BCUT2D eigenvalue weighted by Crippen LogP contribution is 2.30. The Balaban J connectivity index is 1.60. The molecule has 2 nitrogen and oxygen atoms in total. The SMILES string of the molecule is c1cc(CN(CC2CO2)C2CC2)cs1. The van der Waals surface area contributed by atoms with Gasteiger partial charge in [0.05, 0.1) is 12.7 Å². The highest BCUT2D eigenvalue weighted by Gasteiger charge is 2.34. The molecule has 1 aromatic rings. The average molecular weight is 209 g/mol. The lowest BCUT2D eigenvalue weighted by Crippen LogP contribution is -2.29. The summed E-state index contributed by atoms with van der Waals surface area (Å²) in [6.07, 6.45) is 3.31. The molecule has 1 atom stereocenters. The maximum absolute atomic E-state index is 5.30. The molecule has 1 aliphatic heterocycles. The van der Waals surface area contributed by atoms with E-state index in [0.29, 0.717) is 6.10 Å². The van der Waals surface area contributed by atoms with Gasteiger partial charge in [0.15, 0.2) is 0 Å². The van der Waals surface area contributed by atoms with E-state index in [4.69, 9.17) is 4.74 Å². The van der Waals surface area contributed by atoms with Gasteiger partial charge in [-0.3, -0.25) is 4.90 Å². The van der Waals surface area contributed by atoms with Crippen LogP contribution in [0, 0.1) is 0 Å². The predicted octanol–water partition coefficient (Wildman–Crippen LogP) is 2.11. The van der Waals surface area contributed by atoms with Gasteiger partial charge in [-0.2, -0.15) is 11.3 Å². The van der Waals surface area contributed by atoms with Crippen molar-refractivity contribution in [3.05, 3.63) is 22.4 Å². The molecular weight excluding hydrogens is 194 g/mol. The molecule has 0 spiro atoms. The molecule has 0 bridgehead atoms. The molecule has 3 rings (SSSR count). The van der Waals surface area contributed by atoms with Gasteiger partial charge in [-0.05, 0) is 35.2 Å². The van der Waals surface area contributed by atoms with Crippen molar-refractivity contribution in [2.45, 2.75) is 31.5 Å². The fourth-order valence-electron chi connectivity index (χ4n) is 1.83. The molecule has 1 saturated heterocycles. The Labute approximate surface area is 88.5 Å². The lowest BCUT2D eigenvalue weighted by Gasteiger charge is -2.20. The second-order valence-electron chi connectivity index (χ2n) is 4.25. The lowest BCUT2D eigenvalue weighted by molar-refractivity contribution is 0.226. The molecule has 1 aliphatic carbocycles. The minimum Gasteiger partial charge on any atom is -0.372 e. The third-order valence-corrected chi connectivity index (χ3v) is 3.60. The molecule has 0 N–H and O–H groups in total. The maximum atomic E-state index is 5.30. The van der Waals surface area contributed by atoms with Gasteiger partial charge in [0.2, 0.25) is 0 Å². The topological polar surface area (TPSA) is 15.8 Å². The Kier molecular flexibility index (Phi) is 2.32. The first-order chi connectivity index (χ1) is 6.92. The third-order valence-electron chi connectivity index (χ3n) is 2.87. The highest BCUT2D eigenvalue weighted by atomic mass is 32.1. The van der Waals surface area contributed by atoms with E-state index >= 15 is 0 Å². The van der Waals surface area contributed by atoms with Crippen molar-refractivity contribution < 1.29 is 4.74 Å². The van der Waals surface area contributed by atoms with Crippen molar-refractivity contribution in [2.75, 3.05) is 13.2 Å². The van der Waals surface area contributed by atoms with E-state index in [9.17, 15) is 0 Å². The van der Waals surface area contributed by atoms with E-state index in [2.05, 4.69) is 21.7 Å².